The number of hydrogen-bond donors (Lipinski definition) is 2. The van der Waals surface area contributed by atoms with Crippen LogP contribution in [0.1, 0.15) is 20.3 Å². The van der Waals surface area contributed by atoms with Gasteiger partial charge in [-0.3, -0.25) is 6.08 Å². The average Bonchev–Trinajstić information content (AvgIpc) is 3.59. The minimum atomic E-state index is 0. The van der Waals surface area contributed by atoms with Crippen LogP contribution in [0.5, 0.6) is 0 Å². The summed E-state index contributed by atoms with van der Waals surface area (Å²) in [7, 11) is 0.750. The van der Waals surface area contributed by atoms with Crippen molar-refractivity contribution in [3.05, 3.63) is 109 Å². The van der Waals surface area contributed by atoms with E-state index >= 15 is 0 Å². The maximum atomic E-state index is 7.57. The smallest absolute Gasteiger partial charge is 0.0402 e. The van der Waals surface area contributed by atoms with Crippen LogP contribution in [0.25, 0.3) is 21.5 Å². The Labute approximate surface area is 222 Å². The van der Waals surface area contributed by atoms with Crippen LogP contribution in [0.15, 0.2) is 103 Å². The molecule has 0 bridgehead atoms. The molecule has 177 valence electrons. The van der Waals surface area contributed by atoms with Gasteiger partial charge in [-0.1, -0.05) is 25.2 Å². The summed E-state index contributed by atoms with van der Waals surface area (Å²) in [6.07, 6.45) is 10.0. The molecule has 1 aliphatic carbocycles. The Kier molecular flexibility index (Phi) is 25.0. The molecule has 1 radical (unpaired) electrons. The number of aliphatic hydroxyl groups is 2. The van der Waals surface area contributed by atoms with Crippen molar-refractivity contribution in [2.24, 2.45) is 0 Å². The number of fused-ring (bicyclic) bond motifs is 2. The second kappa shape index (κ2) is 24.8. The first kappa shape index (κ1) is 33.3. The Morgan fingerprint density at radius 3 is 1.45 bits per heavy atom. The Bertz CT molecular complexity index is 829. The Balaban J connectivity index is 0. The van der Waals surface area contributed by atoms with E-state index in [9.17, 15) is 0 Å². The minimum absolute atomic E-state index is 0. The fourth-order valence-electron chi connectivity index (χ4n) is 2.48. The van der Waals surface area contributed by atoms with E-state index in [-0.39, 0.29) is 39.1 Å². The van der Waals surface area contributed by atoms with E-state index in [0.29, 0.717) is 0 Å². The van der Waals surface area contributed by atoms with Crippen LogP contribution in [-0.4, -0.2) is 32.9 Å². The fourth-order valence-corrected chi connectivity index (χ4v) is 2.48. The second-order valence-corrected chi connectivity index (χ2v) is 7.68. The fraction of sp³-hybridized carbons (Fsp3) is 0.241. The molecule has 2 nitrogen and oxygen atoms in total. The van der Waals surface area contributed by atoms with E-state index in [0.717, 1.165) is 15.9 Å². The minimum Gasteiger partial charge on any atom is -0.397 e. The second-order valence-electron chi connectivity index (χ2n) is 6.52. The van der Waals surface area contributed by atoms with Crippen LogP contribution in [0.4, 0.5) is 0 Å². The topological polar surface area (TPSA) is 40.5 Å². The van der Waals surface area contributed by atoms with Gasteiger partial charge in [0.2, 0.25) is 0 Å². The molecule has 0 atom stereocenters. The largest absolute Gasteiger partial charge is 0.397 e. The van der Waals surface area contributed by atoms with Gasteiger partial charge < -0.3 is 10.2 Å². The number of aliphatic hydroxyl groups excluding tert-OH is 2. The molecule has 2 N–H and O–H groups in total. The van der Waals surface area contributed by atoms with E-state index in [4.69, 9.17) is 10.2 Å². The van der Waals surface area contributed by atoms with Gasteiger partial charge >= 0.3 is 0 Å². The molecule has 0 heterocycles. The van der Waals surface area contributed by atoms with Crippen molar-refractivity contribution in [3.8, 4) is 0 Å². The Hall–Kier alpha value is -1.85. The molecular formula is C29H38HfO2Si-3. The molecule has 0 aromatic heterocycles. The van der Waals surface area contributed by atoms with E-state index in [1.165, 1.54) is 21.5 Å². The van der Waals surface area contributed by atoms with Crippen LogP contribution in [0.3, 0.4) is 0 Å². The molecule has 4 heteroatoms. The van der Waals surface area contributed by atoms with Crippen LogP contribution >= 0.6 is 0 Å². The maximum Gasteiger partial charge on any atom is 0.0402 e. The number of benzene rings is 2. The van der Waals surface area contributed by atoms with Gasteiger partial charge in [-0.25, -0.2) is 12.2 Å². The predicted molar refractivity (Wildman–Crippen MR) is 145 cm³/mol. The van der Waals surface area contributed by atoms with Crippen molar-refractivity contribution < 1.29 is 36.1 Å². The normalized spacial score (nSPS) is 9.88. The van der Waals surface area contributed by atoms with Crippen molar-refractivity contribution in [1.29, 1.82) is 0 Å². The molecule has 0 saturated carbocycles. The molecule has 0 amide bonds. The van der Waals surface area contributed by atoms with Gasteiger partial charge in [-0.2, -0.15) is 41.1 Å². The number of rotatable bonds is 0. The first-order valence-corrected chi connectivity index (χ1v) is 13.4. The molecule has 4 aromatic carbocycles. The summed E-state index contributed by atoms with van der Waals surface area (Å²) in [5.74, 6) is 0. The zero-order chi connectivity index (χ0) is 23.9. The van der Waals surface area contributed by atoms with Crippen LogP contribution in [0.2, 0.25) is 13.1 Å². The monoisotopic (exact) mass is 626 g/mol. The van der Waals surface area contributed by atoms with Gasteiger partial charge in [0.15, 0.2) is 0 Å². The number of allylic oxidation sites excluding steroid dienone is 4. The molecule has 4 aromatic rings. The van der Waals surface area contributed by atoms with E-state index in [2.05, 4.69) is 110 Å². The van der Waals surface area contributed by atoms with Gasteiger partial charge in [-0.05, 0) is 13.8 Å². The van der Waals surface area contributed by atoms with Gasteiger partial charge in [0, 0.05) is 48.6 Å². The van der Waals surface area contributed by atoms with Gasteiger partial charge in [0.1, 0.15) is 0 Å². The third kappa shape index (κ3) is 17.3. The zero-order valence-corrected chi connectivity index (χ0v) is 25.2. The summed E-state index contributed by atoms with van der Waals surface area (Å²) < 4.78 is 0. The molecule has 0 aliphatic heterocycles. The first-order valence-electron chi connectivity index (χ1n) is 11.1. The summed E-state index contributed by atoms with van der Waals surface area (Å²) in [6, 6.07) is 29.3. The zero-order valence-electron chi connectivity index (χ0n) is 20.4. The molecule has 0 spiro atoms. The average molecular weight is 625 g/mol. The van der Waals surface area contributed by atoms with Gasteiger partial charge in [-0.15, -0.1) is 65.7 Å². The summed E-state index contributed by atoms with van der Waals surface area (Å²) in [6.45, 7) is 8.28. The molecule has 0 saturated heterocycles. The predicted octanol–water partition coefficient (Wildman–Crippen LogP) is 6.94. The van der Waals surface area contributed by atoms with E-state index < -0.39 is 0 Å². The van der Waals surface area contributed by atoms with Gasteiger partial charge in [0.05, 0.1) is 0 Å². The summed E-state index contributed by atoms with van der Waals surface area (Å²) >= 11 is 0. The molecule has 33 heavy (non-hydrogen) atoms. The van der Waals surface area contributed by atoms with Crippen LogP contribution < -0.4 is 0 Å². The van der Waals surface area contributed by atoms with Crippen molar-refractivity contribution in [2.75, 3.05) is 13.2 Å². The SMILES string of the molecule is CCO.CCO.C[SiH]C.[C-]1=CC=CC1.[Hf].c1ccc2[cH-]ccc2c1.c1ccc2[cH-]ccc2c1. The summed E-state index contributed by atoms with van der Waals surface area (Å²) in [5, 5.41) is 20.5. The van der Waals surface area contributed by atoms with Crippen LogP contribution in [0, 0.1) is 6.08 Å². The molecule has 0 unspecified atom stereocenters. The van der Waals surface area contributed by atoms with Crippen molar-refractivity contribution in [1.82, 2.24) is 0 Å². The summed E-state index contributed by atoms with van der Waals surface area (Å²) in [4.78, 5) is 0. The molecule has 5 rings (SSSR count). The van der Waals surface area contributed by atoms with Crippen molar-refractivity contribution in [2.45, 2.75) is 33.4 Å². The third-order valence-electron chi connectivity index (χ3n) is 3.68. The molecular weight excluding hydrogens is 587 g/mol. The van der Waals surface area contributed by atoms with Crippen molar-refractivity contribution >= 4 is 31.1 Å². The Morgan fingerprint density at radius 1 is 0.788 bits per heavy atom. The van der Waals surface area contributed by atoms with Crippen molar-refractivity contribution in [3.63, 3.8) is 0 Å². The van der Waals surface area contributed by atoms with Gasteiger partial charge in [0.25, 0.3) is 0 Å². The molecule has 0 fully saturated rings. The quantitative estimate of drug-likeness (QED) is 0.164. The van der Waals surface area contributed by atoms with Crippen LogP contribution in [-0.2, 0) is 25.8 Å². The first-order chi connectivity index (χ1) is 15.7. The van der Waals surface area contributed by atoms with E-state index in [1.807, 2.05) is 12.2 Å². The Morgan fingerprint density at radius 2 is 1.18 bits per heavy atom. The standard InChI is InChI=1S/2C9H7.C5H5.2C2H6O.C2H7Si.Hf/c2*1-2-5-9-7-3-6-8(9)4-1;1-2-4-5-3-1;2*1-2-3;1-3-2;/h2*1-7H;1-3H,4H2;2*3H,2H2,1H3;3H,1-2H3;/q3*-1;;;;. The molecule has 1 aliphatic rings. The summed E-state index contributed by atoms with van der Waals surface area (Å²) in [5.41, 5.74) is 0. The number of hydrogen-bond acceptors (Lipinski definition) is 2. The maximum absolute atomic E-state index is 7.57. The third-order valence-corrected chi connectivity index (χ3v) is 3.68. The van der Waals surface area contributed by atoms with E-state index in [1.54, 1.807) is 13.8 Å².